The highest BCUT2D eigenvalue weighted by Gasteiger charge is 2.18. The molecule has 8 nitrogen and oxygen atoms in total. The van der Waals surface area contributed by atoms with Crippen LogP contribution in [0.15, 0.2) is 60.7 Å². The first-order valence-electron chi connectivity index (χ1n) is 16.7. The molecular weight excluding hydrogens is 578 g/mol. The maximum atomic E-state index is 11.1. The van der Waals surface area contributed by atoms with Gasteiger partial charge < -0.3 is 24.4 Å². The number of methoxy groups -OCH3 is 1. The van der Waals surface area contributed by atoms with Gasteiger partial charge in [0.05, 0.1) is 25.9 Å². The molecule has 0 aliphatic heterocycles. The van der Waals surface area contributed by atoms with Crippen LogP contribution in [-0.4, -0.2) is 45.5 Å². The van der Waals surface area contributed by atoms with Crippen LogP contribution < -0.4 is 14.2 Å². The minimum atomic E-state index is 0.00885. The summed E-state index contributed by atoms with van der Waals surface area (Å²) in [6, 6.07) is 17.7. The second kappa shape index (κ2) is 17.4. The molecule has 0 spiro atoms. The summed E-state index contributed by atoms with van der Waals surface area (Å²) in [6.45, 7) is 9.91. The highest BCUT2D eigenvalue weighted by atomic mass is 16.5. The number of nitrogens with zero attached hydrogens (tertiary/aromatic N) is 3. The van der Waals surface area contributed by atoms with E-state index in [4.69, 9.17) is 29.2 Å². The van der Waals surface area contributed by atoms with E-state index >= 15 is 0 Å². The summed E-state index contributed by atoms with van der Waals surface area (Å²) >= 11 is 0. The molecule has 0 unspecified atom stereocenters. The molecule has 0 aliphatic carbocycles. The van der Waals surface area contributed by atoms with Crippen LogP contribution in [0.3, 0.4) is 0 Å². The number of aromatic nitrogens is 3. The lowest BCUT2D eigenvalue weighted by Crippen LogP contribution is -2.11. The van der Waals surface area contributed by atoms with Crippen LogP contribution in [-0.2, 0) is 0 Å². The van der Waals surface area contributed by atoms with Crippen LogP contribution >= 0.6 is 0 Å². The molecule has 1 heterocycles. The van der Waals surface area contributed by atoms with Gasteiger partial charge in [-0.1, -0.05) is 66.2 Å². The maximum Gasteiger partial charge on any atom is 0.167 e. The second-order valence-electron chi connectivity index (χ2n) is 11.9. The number of hydrogen-bond acceptors (Lipinski definition) is 8. The number of hydrogen-bond donors (Lipinski definition) is 2. The Balaban J connectivity index is 1.69. The van der Waals surface area contributed by atoms with E-state index in [0.717, 1.165) is 50.5 Å². The van der Waals surface area contributed by atoms with Crippen molar-refractivity contribution >= 4 is 0 Å². The SMILES string of the molecule is CCCC[C@@H](CC)COc1cc(O)cc(-c2nc(-c3ccc(OC)cc3)nc(-c3ccc(OC[C@@H](CC)CCCC)cc3O)n2)c1. The Labute approximate surface area is 273 Å². The fourth-order valence-electron chi connectivity index (χ4n) is 5.31. The molecule has 2 atom stereocenters. The highest BCUT2D eigenvalue weighted by Crippen LogP contribution is 2.35. The van der Waals surface area contributed by atoms with Gasteiger partial charge in [-0.3, -0.25) is 0 Å². The predicted molar refractivity (Wildman–Crippen MR) is 184 cm³/mol. The number of ether oxygens (including phenoxy) is 3. The van der Waals surface area contributed by atoms with Gasteiger partial charge in [0.2, 0.25) is 0 Å². The first-order valence-corrected chi connectivity index (χ1v) is 16.7. The molecule has 1 aromatic heterocycles. The lowest BCUT2D eigenvalue weighted by molar-refractivity contribution is 0.232. The van der Waals surface area contributed by atoms with E-state index in [1.165, 1.54) is 6.42 Å². The Kier molecular flexibility index (Phi) is 13.1. The lowest BCUT2D eigenvalue weighted by Gasteiger charge is -2.17. The molecule has 0 radical (unpaired) electrons. The minimum absolute atomic E-state index is 0.00885. The Morgan fingerprint density at radius 2 is 1.17 bits per heavy atom. The van der Waals surface area contributed by atoms with Crippen molar-refractivity contribution in [2.45, 2.75) is 79.1 Å². The second-order valence-corrected chi connectivity index (χ2v) is 11.9. The number of aromatic hydroxyl groups is 2. The van der Waals surface area contributed by atoms with Gasteiger partial charge in [0.1, 0.15) is 28.7 Å². The first kappa shape index (κ1) is 34.5. The molecule has 0 amide bonds. The van der Waals surface area contributed by atoms with Gasteiger partial charge in [-0.25, -0.2) is 15.0 Å². The predicted octanol–water partition coefficient (Wildman–Crippen LogP) is 9.48. The van der Waals surface area contributed by atoms with E-state index in [1.54, 1.807) is 31.4 Å². The van der Waals surface area contributed by atoms with Crippen molar-refractivity contribution < 1.29 is 24.4 Å². The maximum absolute atomic E-state index is 11.1. The molecule has 8 heteroatoms. The van der Waals surface area contributed by atoms with Crippen molar-refractivity contribution in [2.24, 2.45) is 11.8 Å². The quantitative estimate of drug-likeness (QED) is 0.112. The normalized spacial score (nSPS) is 12.5. The van der Waals surface area contributed by atoms with Crippen LogP contribution in [0.1, 0.15) is 79.1 Å². The fraction of sp³-hybridized carbons (Fsp3) is 0.447. The molecule has 0 saturated heterocycles. The first-order chi connectivity index (χ1) is 22.4. The van der Waals surface area contributed by atoms with Crippen molar-refractivity contribution in [1.29, 1.82) is 0 Å². The average Bonchev–Trinajstić information content (AvgIpc) is 3.08. The monoisotopic (exact) mass is 627 g/mol. The van der Waals surface area contributed by atoms with E-state index in [-0.39, 0.29) is 11.5 Å². The van der Waals surface area contributed by atoms with Gasteiger partial charge in [-0.05, 0) is 73.2 Å². The Morgan fingerprint density at radius 1 is 0.609 bits per heavy atom. The minimum Gasteiger partial charge on any atom is -0.508 e. The van der Waals surface area contributed by atoms with Gasteiger partial charge in [-0.2, -0.15) is 0 Å². The zero-order valence-corrected chi connectivity index (χ0v) is 28.0. The number of unbranched alkanes of at least 4 members (excludes halogenated alkanes) is 2. The van der Waals surface area contributed by atoms with Crippen molar-refractivity contribution in [1.82, 2.24) is 15.0 Å². The van der Waals surface area contributed by atoms with Crippen molar-refractivity contribution in [3.63, 3.8) is 0 Å². The van der Waals surface area contributed by atoms with E-state index in [1.807, 2.05) is 36.4 Å². The van der Waals surface area contributed by atoms with Crippen molar-refractivity contribution in [2.75, 3.05) is 20.3 Å². The van der Waals surface area contributed by atoms with E-state index < -0.39 is 0 Å². The zero-order chi connectivity index (χ0) is 32.9. The summed E-state index contributed by atoms with van der Waals surface area (Å²) in [7, 11) is 1.62. The number of phenols is 2. The van der Waals surface area contributed by atoms with E-state index in [9.17, 15) is 10.2 Å². The van der Waals surface area contributed by atoms with Gasteiger partial charge in [0.25, 0.3) is 0 Å². The topological polar surface area (TPSA) is 107 Å². The standard InChI is InChI=1S/C38H49N3O5/c1-6-10-12-26(8-3)24-45-32-18-19-34(35(43)23-32)38-40-36(28-14-16-31(44-5)17-15-28)39-37(41-38)29-20-30(42)22-33(21-29)46-25-27(9-4)13-11-7-2/h14-23,26-27,42-43H,6-13,24-25H2,1-5H3/t26-,27+/m0/s1. The Bertz CT molecular complexity index is 1530. The molecule has 246 valence electrons. The molecule has 4 rings (SSSR count). The van der Waals surface area contributed by atoms with Crippen molar-refractivity contribution in [3.8, 4) is 62.9 Å². The number of rotatable bonds is 18. The number of benzene rings is 3. The fourth-order valence-corrected chi connectivity index (χ4v) is 5.31. The third-order valence-corrected chi connectivity index (χ3v) is 8.40. The molecule has 3 aromatic carbocycles. The molecule has 0 fully saturated rings. The third-order valence-electron chi connectivity index (χ3n) is 8.40. The van der Waals surface area contributed by atoms with Crippen LogP contribution in [0.2, 0.25) is 0 Å². The van der Waals surface area contributed by atoms with Gasteiger partial charge in [0.15, 0.2) is 17.5 Å². The molecule has 0 aliphatic rings. The molecule has 0 bridgehead atoms. The van der Waals surface area contributed by atoms with Gasteiger partial charge in [-0.15, -0.1) is 0 Å². The largest absolute Gasteiger partial charge is 0.508 e. The summed E-state index contributed by atoms with van der Waals surface area (Å²) < 4.78 is 17.6. The molecule has 2 N–H and O–H groups in total. The van der Waals surface area contributed by atoms with Gasteiger partial charge >= 0.3 is 0 Å². The smallest absolute Gasteiger partial charge is 0.167 e. The number of phenolic OH excluding ortho intramolecular Hbond substituents is 2. The Morgan fingerprint density at radius 3 is 1.74 bits per heavy atom. The van der Waals surface area contributed by atoms with Crippen LogP contribution in [0.25, 0.3) is 34.2 Å². The summed E-state index contributed by atoms with van der Waals surface area (Å²) in [6.07, 6.45) is 8.94. The summed E-state index contributed by atoms with van der Waals surface area (Å²) in [5, 5.41) is 21.8. The molecular formula is C38H49N3O5. The van der Waals surface area contributed by atoms with Crippen molar-refractivity contribution in [3.05, 3.63) is 60.7 Å². The van der Waals surface area contributed by atoms with E-state index in [2.05, 4.69) is 27.7 Å². The van der Waals surface area contributed by atoms with E-state index in [0.29, 0.717) is 70.9 Å². The molecule has 4 aromatic rings. The van der Waals surface area contributed by atoms with Gasteiger partial charge in [0, 0.05) is 23.3 Å². The average molecular weight is 628 g/mol. The summed E-state index contributed by atoms with van der Waals surface area (Å²) in [5.41, 5.74) is 1.77. The summed E-state index contributed by atoms with van der Waals surface area (Å²) in [5.74, 6) is 3.89. The lowest BCUT2D eigenvalue weighted by atomic mass is 10.0. The molecule has 0 saturated carbocycles. The van der Waals surface area contributed by atoms with Crippen LogP contribution in [0.5, 0.6) is 28.7 Å². The molecule has 46 heavy (non-hydrogen) atoms. The third kappa shape index (κ3) is 9.59. The van der Waals surface area contributed by atoms with Crippen LogP contribution in [0, 0.1) is 11.8 Å². The summed E-state index contributed by atoms with van der Waals surface area (Å²) in [4.78, 5) is 14.3. The van der Waals surface area contributed by atoms with Crippen LogP contribution in [0.4, 0.5) is 0 Å². The highest BCUT2D eigenvalue weighted by molar-refractivity contribution is 5.71. The zero-order valence-electron chi connectivity index (χ0n) is 28.0. The Hall–Kier alpha value is -4.33.